The van der Waals surface area contributed by atoms with Crippen LogP contribution in [0.3, 0.4) is 0 Å². The van der Waals surface area contributed by atoms with Crippen molar-refractivity contribution in [3.05, 3.63) is 36.3 Å². The van der Waals surface area contributed by atoms with Crippen molar-refractivity contribution < 1.29 is 9.47 Å². The minimum atomic E-state index is -0.172. The van der Waals surface area contributed by atoms with E-state index in [9.17, 15) is 0 Å². The van der Waals surface area contributed by atoms with Gasteiger partial charge in [0, 0.05) is 44.6 Å². The van der Waals surface area contributed by atoms with Gasteiger partial charge >= 0.3 is 0 Å². The summed E-state index contributed by atoms with van der Waals surface area (Å²) in [6, 6.07) is 9.08. The normalized spacial score (nSPS) is 22.8. The van der Waals surface area contributed by atoms with Crippen molar-refractivity contribution in [3.63, 3.8) is 0 Å². The molecule has 2 aromatic rings. The highest BCUT2D eigenvalue weighted by atomic mass is 16.5. The van der Waals surface area contributed by atoms with Gasteiger partial charge in [0.15, 0.2) is 0 Å². The van der Waals surface area contributed by atoms with Crippen LogP contribution >= 0.6 is 0 Å². The molecule has 0 aromatic carbocycles. The fourth-order valence-electron chi connectivity index (χ4n) is 5.25. The number of pyridine rings is 1. The third-order valence-corrected chi connectivity index (χ3v) is 7.38. The molecule has 2 aliphatic rings. The second-order valence-corrected chi connectivity index (χ2v) is 10.1. The molecule has 188 valence electrons. The number of anilines is 1. The molecule has 0 radical (unpaired) electrons. The second kappa shape index (κ2) is 12.4. The predicted octanol–water partition coefficient (Wildman–Crippen LogP) is 4.11. The van der Waals surface area contributed by atoms with Crippen molar-refractivity contribution in [1.29, 1.82) is 0 Å². The Morgan fingerprint density at radius 1 is 1.17 bits per heavy atom. The van der Waals surface area contributed by atoms with E-state index in [-0.39, 0.29) is 5.41 Å². The van der Waals surface area contributed by atoms with Crippen molar-refractivity contribution in [2.75, 3.05) is 38.8 Å². The van der Waals surface area contributed by atoms with Crippen molar-refractivity contribution in [2.45, 2.75) is 64.0 Å². The number of nitrogens with zero attached hydrogens (tertiary/aromatic N) is 3. The smallest absolute Gasteiger partial charge is 0.126 e. The van der Waals surface area contributed by atoms with E-state index in [2.05, 4.69) is 39.5 Å². The Labute approximate surface area is 209 Å². The molecule has 4 rings (SSSR count). The van der Waals surface area contributed by atoms with Crippen LogP contribution in [0.1, 0.15) is 51.1 Å². The number of aromatic nitrogens is 3. The van der Waals surface area contributed by atoms with Crippen LogP contribution in [-0.4, -0.2) is 60.5 Å². The molecule has 1 saturated heterocycles. The van der Waals surface area contributed by atoms with E-state index in [1.54, 1.807) is 13.4 Å². The molecule has 0 bridgehead atoms. The Morgan fingerprint density at radius 3 is 2.71 bits per heavy atom. The van der Waals surface area contributed by atoms with Gasteiger partial charge in [-0.05, 0) is 76.0 Å². The number of hydrogen-bond acceptors (Lipinski definition) is 7. The molecule has 3 heterocycles. The van der Waals surface area contributed by atoms with Crippen LogP contribution in [0.15, 0.2) is 30.6 Å². The molecule has 1 atom stereocenters. The summed E-state index contributed by atoms with van der Waals surface area (Å²) in [6.45, 7) is 5.07. The van der Waals surface area contributed by atoms with Crippen LogP contribution in [0.2, 0.25) is 0 Å². The fourth-order valence-corrected chi connectivity index (χ4v) is 5.25. The minimum absolute atomic E-state index is 0.172. The maximum Gasteiger partial charge on any atom is 0.126 e. The van der Waals surface area contributed by atoms with E-state index in [0.29, 0.717) is 37.8 Å². The molecule has 0 spiro atoms. The van der Waals surface area contributed by atoms with Gasteiger partial charge in [-0.1, -0.05) is 12.0 Å². The van der Waals surface area contributed by atoms with Gasteiger partial charge in [-0.3, -0.25) is 0 Å². The zero-order valence-corrected chi connectivity index (χ0v) is 21.1. The summed E-state index contributed by atoms with van der Waals surface area (Å²) in [5, 5.41) is 7.15. The van der Waals surface area contributed by atoms with Gasteiger partial charge in [0.2, 0.25) is 0 Å². The Hall–Kier alpha value is -2.53. The molecule has 0 amide bonds. The number of hydrogen-bond donors (Lipinski definition) is 2. The number of rotatable bonds is 10. The monoisotopic (exact) mass is 477 g/mol. The maximum atomic E-state index is 5.87. The topological polar surface area (TPSA) is 81.2 Å². The van der Waals surface area contributed by atoms with E-state index >= 15 is 0 Å². The summed E-state index contributed by atoms with van der Waals surface area (Å²) in [5.74, 6) is 4.48. The van der Waals surface area contributed by atoms with Crippen molar-refractivity contribution in [1.82, 2.24) is 20.3 Å². The summed E-state index contributed by atoms with van der Waals surface area (Å²) in [4.78, 5) is 13.9. The number of ether oxygens (including phenoxy) is 2. The third-order valence-electron chi connectivity index (χ3n) is 7.38. The van der Waals surface area contributed by atoms with Crippen molar-refractivity contribution in [2.24, 2.45) is 11.3 Å². The second-order valence-electron chi connectivity index (χ2n) is 10.1. The Balaban J connectivity index is 1.33. The Morgan fingerprint density at radius 2 is 1.97 bits per heavy atom. The summed E-state index contributed by atoms with van der Waals surface area (Å²) in [7, 11) is 1.76. The van der Waals surface area contributed by atoms with Gasteiger partial charge < -0.3 is 20.1 Å². The molecule has 1 saturated carbocycles. The van der Waals surface area contributed by atoms with E-state index in [1.807, 2.05) is 18.2 Å². The lowest BCUT2D eigenvalue weighted by Gasteiger charge is -2.32. The first-order valence-corrected chi connectivity index (χ1v) is 12.9. The average Bonchev–Trinajstić information content (AvgIpc) is 2.90. The summed E-state index contributed by atoms with van der Waals surface area (Å²) in [6.07, 6.45) is 15.1. The van der Waals surface area contributed by atoms with Gasteiger partial charge in [0.1, 0.15) is 12.1 Å². The lowest BCUT2D eigenvalue weighted by atomic mass is 9.81. The highest BCUT2D eigenvalue weighted by molar-refractivity contribution is 5.57. The highest BCUT2D eigenvalue weighted by Crippen LogP contribution is 2.30. The zero-order valence-electron chi connectivity index (χ0n) is 21.1. The molecule has 7 heteroatoms. The minimum Gasteiger partial charge on any atom is -0.383 e. The molecule has 35 heavy (non-hydrogen) atoms. The Bertz CT molecular complexity index is 977. The molecule has 1 aliphatic carbocycles. The number of terminal acetylenes is 1. The van der Waals surface area contributed by atoms with Crippen LogP contribution in [0.5, 0.6) is 0 Å². The third kappa shape index (κ3) is 7.23. The largest absolute Gasteiger partial charge is 0.383 e. The van der Waals surface area contributed by atoms with Crippen LogP contribution in [0.25, 0.3) is 11.4 Å². The first kappa shape index (κ1) is 25.6. The predicted molar refractivity (Wildman–Crippen MR) is 139 cm³/mol. The SMILES string of the molecule is C#CC1(CNc2cccc(-c3cc(CC4CCC(N[C@H](C)COC)CC4)ncn3)n2)CCOCC1. The van der Waals surface area contributed by atoms with Gasteiger partial charge in [-0.15, -0.1) is 6.42 Å². The van der Waals surface area contributed by atoms with Gasteiger partial charge in [0.05, 0.1) is 23.4 Å². The standard InChI is InChI=1S/C28H39N5O2/c1-4-28(12-14-35-15-13-28)19-29-27-7-5-6-25(33-27)26-17-24(30-20-31-26)16-22-8-10-23(11-9-22)32-21(2)18-34-3/h1,5-7,17,20-23,32H,8-16,18-19H2,2-3H3,(H,29,33)/t21-,22?,23?/m1/s1. The number of nitrogens with one attached hydrogen (secondary N) is 2. The molecule has 2 fully saturated rings. The zero-order chi connectivity index (χ0) is 24.5. The van der Waals surface area contributed by atoms with E-state index < -0.39 is 0 Å². The number of methoxy groups -OCH3 is 1. The molecular weight excluding hydrogens is 438 g/mol. The van der Waals surface area contributed by atoms with Crippen molar-refractivity contribution >= 4 is 5.82 Å². The Kier molecular flexibility index (Phi) is 9.08. The lowest BCUT2D eigenvalue weighted by molar-refractivity contribution is 0.0464. The van der Waals surface area contributed by atoms with Crippen LogP contribution in [0, 0.1) is 23.7 Å². The maximum absolute atomic E-state index is 5.87. The molecule has 1 aliphatic heterocycles. The quantitative estimate of drug-likeness (QED) is 0.499. The summed E-state index contributed by atoms with van der Waals surface area (Å²) >= 11 is 0. The van der Waals surface area contributed by atoms with E-state index in [0.717, 1.165) is 48.8 Å². The molecule has 2 aromatic heterocycles. The van der Waals surface area contributed by atoms with Gasteiger partial charge in [-0.25, -0.2) is 15.0 Å². The lowest BCUT2D eigenvalue weighted by Crippen LogP contribution is -2.41. The van der Waals surface area contributed by atoms with E-state index in [1.165, 1.54) is 25.7 Å². The molecular formula is C28H39N5O2. The van der Waals surface area contributed by atoms with Crippen LogP contribution in [0.4, 0.5) is 5.82 Å². The molecule has 2 N–H and O–H groups in total. The highest BCUT2D eigenvalue weighted by Gasteiger charge is 2.30. The first-order valence-electron chi connectivity index (χ1n) is 12.9. The average molecular weight is 478 g/mol. The van der Waals surface area contributed by atoms with Crippen LogP contribution < -0.4 is 10.6 Å². The summed E-state index contributed by atoms with van der Waals surface area (Å²) < 4.78 is 10.7. The van der Waals surface area contributed by atoms with Gasteiger partial charge in [0.25, 0.3) is 0 Å². The molecule has 0 unspecified atom stereocenters. The van der Waals surface area contributed by atoms with Crippen LogP contribution in [-0.2, 0) is 15.9 Å². The van der Waals surface area contributed by atoms with Crippen molar-refractivity contribution in [3.8, 4) is 23.7 Å². The van der Waals surface area contributed by atoms with Gasteiger partial charge in [-0.2, -0.15) is 0 Å². The summed E-state index contributed by atoms with van der Waals surface area (Å²) in [5.41, 5.74) is 2.63. The first-order chi connectivity index (χ1) is 17.1. The molecule has 7 nitrogen and oxygen atoms in total. The van der Waals surface area contributed by atoms with E-state index in [4.69, 9.17) is 20.9 Å². The fraction of sp³-hybridized carbons (Fsp3) is 0.607.